The number of hydrogen-bond donors (Lipinski definition) is 2. The molecule has 0 radical (unpaired) electrons. The Bertz CT molecular complexity index is 1160. The lowest BCUT2D eigenvalue weighted by atomic mass is 10.1. The Morgan fingerprint density at radius 3 is 2.74 bits per heavy atom. The Balaban J connectivity index is 1.41. The van der Waals surface area contributed by atoms with Crippen LogP contribution in [0.1, 0.15) is 39.2 Å². The minimum atomic E-state index is -0.310. The number of carbonyl (C=O) groups is 3. The molecule has 2 heterocycles. The van der Waals surface area contributed by atoms with Crippen molar-refractivity contribution in [2.24, 2.45) is 0 Å². The average molecular weight is 455 g/mol. The number of anilines is 2. The Morgan fingerprint density at radius 1 is 1.19 bits per heavy atom. The highest BCUT2D eigenvalue weighted by Gasteiger charge is 2.24. The summed E-state index contributed by atoms with van der Waals surface area (Å²) >= 11 is 7.76. The summed E-state index contributed by atoms with van der Waals surface area (Å²) in [7, 11) is 0. The summed E-state index contributed by atoms with van der Waals surface area (Å²) in [5.74, 6) is -0.719. The van der Waals surface area contributed by atoms with Crippen molar-refractivity contribution in [3.8, 4) is 0 Å². The van der Waals surface area contributed by atoms with E-state index in [2.05, 4.69) is 15.7 Å². The van der Waals surface area contributed by atoms with Crippen LogP contribution in [0.3, 0.4) is 0 Å². The van der Waals surface area contributed by atoms with Gasteiger partial charge in [-0.3, -0.25) is 25.1 Å². The van der Waals surface area contributed by atoms with Crippen LogP contribution >= 0.6 is 22.9 Å². The number of benzene rings is 2. The number of amides is 3. The molecule has 0 spiro atoms. The molecule has 1 saturated heterocycles. The van der Waals surface area contributed by atoms with Crippen LogP contribution in [-0.4, -0.2) is 22.7 Å². The monoisotopic (exact) mass is 454 g/mol. The van der Waals surface area contributed by atoms with Gasteiger partial charge in [-0.1, -0.05) is 29.8 Å². The summed E-state index contributed by atoms with van der Waals surface area (Å²) in [6.07, 6.45) is 2.71. The van der Waals surface area contributed by atoms with Crippen molar-refractivity contribution in [3.63, 3.8) is 0 Å². The van der Waals surface area contributed by atoms with E-state index >= 15 is 0 Å². The van der Waals surface area contributed by atoms with Crippen LogP contribution in [0.4, 0.5) is 10.8 Å². The van der Waals surface area contributed by atoms with Crippen molar-refractivity contribution in [1.29, 1.82) is 0 Å². The molecule has 31 heavy (non-hydrogen) atoms. The highest BCUT2D eigenvalue weighted by Crippen LogP contribution is 2.27. The molecule has 4 rings (SSSR count). The highest BCUT2D eigenvalue weighted by atomic mass is 35.5. The number of hydrazine groups is 1. The number of nitrogens with one attached hydrogen (secondary N) is 2. The average Bonchev–Trinajstić information content (AvgIpc) is 3.20. The lowest BCUT2D eigenvalue weighted by Gasteiger charge is -2.27. The molecular formula is C22H19ClN4O3S. The van der Waals surface area contributed by atoms with Crippen LogP contribution in [-0.2, 0) is 16.0 Å². The molecule has 1 aliphatic heterocycles. The summed E-state index contributed by atoms with van der Waals surface area (Å²) in [4.78, 5) is 41.4. The normalized spacial score (nSPS) is 13.8. The van der Waals surface area contributed by atoms with E-state index in [0.29, 0.717) is 22.8 Å². The molecule has 3 aromatic rings. The van der Waals surface area contributed by atoms with E-state index < -0.39 is 0 Å². The Hall–Kier alpha value is -3.23. The van der Waals surface area contributed by atoms with Crippen LogP contribution < -0.4 is 15.8 Å². The quantitative estimate of drug-likeness (QED) is 0.607. The van der Waals surface area contributed by atoms with E-state index in [1.54, 1.807) is 30.5 Å². The fourth-order valence-corrected chi connectivity index (χ4v) is 4.22. The summed E-state index contributed by atoms with van der Waals surface area (Å²) in [6, 6.07) is 12.3. The molecule has 3 amide bonds. The van der Waals surface area contributed by atoms with Gasteiger partial charge in [0, 0.05) is 40.9 Å². The van der Waals surface area contributed by atoms with Crippen molar-refractivity contribution in [3.05, 3.63) is 75.3 Å². The standard InChI is InChI=1S/C22H19ClN4O3S/c1-13-3-2-4-15(20(13)23)11-17-12-24-22(31-17)25-21(30)14-5-7-16(8-6-14)27-19(29)10-9-18(28)26-27/h2-8,12H,9-11H2,1H3,(H,26,28)(H,24,25,30). The van der Waals surface area contributed by atoms with E-state index in [1.807, 2.05) is 25.1 Å². The Morgan fingerprint density at radius 2 is 1.97 bits per heavy atom. The molecule has 2 N–H and O–H groups in total. The number of carbonyl (C=O) groups excluding carboxylic acids is 3. The van der Waals surface area contributed by atoms with Crippen molar-refractivity contribution < 1.29 is 14.4 Å². The van der Waals surface area contributed by atoms with Gasteiger partial charge in [0.15, 0.2) is 5.13 Å². The van der Waals surface area contributed by atoms with Gasteiger partial charge in [-0.2, -0.15) is 0 Å². The molecule has 0 saturated carbocycles. The summed E-state index contributed by atoms with van der Waals surface area (Å²) in [5, 5.41) is 5.23. The smallest absolute Gasteiger partial charge is 0.257 e. The molecule has 0 bridgehead atoms. The summed E-state index contributed by atoms with van der Waals surface area (Å²) < 4.78 is 0. The number of aromatic nitrogens is 1. The fourth-order valence-electron chi connectivity index (χ4n) is 3.19. The minimum Gasteiger partial charge on any atom is -0.298 e. The van der Waals surface area contributed by atoms with Crippen LogP contribution in [0.2, 0.25) is 5.02 Å². The van der Waals surface area contributed by atoms with Gasteiger partial charge in [-0.15, -0.1) is 11.3 Å². The first-order valence-corrected chi connectivity index (χ1v) is 10.8. The van der Waals surface area contributed by atoms with Gasteiger partial charge >= 0.3 is 0 Å². The molecular weight excluding hydrogens is 436 g/mol. The number of thiazole rings is 1. The third kappa shape index (κ3) is 4.76. The molecule has 2 aromatic carbocycles. The molecule has 1 aliphatic rings. The Labute approximate surface area is 188 Å². The van der Waals surface area contributed by atoms with Gasteiger partial charge in [-0.25, -0.2) is 9.99 Å². The van der Waals surface area contributed by atoms with Gasteiger partial charge in [0.25, 0.3) is 5.91 Å². The van der Waals surface area contributed by atoms with Crippen molar-refractivity contribution in [2.45, 2.75) is 26.2 Å². The third-order valence-corrected chi connectivity index (χ3v) is 6.30. The topological polar surface area (TPSA) is 91.4 Å². The molecule has 0 unspecified atom stereocenters. The van der Waals surface area contributed by atoms with Crippen LogP contribution in [0, 0.1) is 6.92 Å². The van der Waals surface area contributed by atoms with Gasteiger partial charge in [0.05, 0.1) is 5.69 Å². The van der Waals surface area contributed by atoms with Crippen molar-refractivity contribution in [1.82, 2.24) is 10.4 Å². The first kappa shape index (κ1) is 21.0. The van der Waals surface area contributed by atoms with Gasteiger partial charge in [0.2, 0.25) is 11.8 Å². The SMILES string of the molecule is Cc1cccc(Cc2cnc(NC(=O)c3ccc(N4NC(=O)CCC4=O)cc3)s2)c1Cl. The van der Waals surface area contributed by atoms with E-state index in [1.165, 1.54) is 16.3 Å². The zero-order chi connectivity index (χ0) is 22.0. The highest BCUT2D eigenvalue weighted by molar-refractivity contribution is 7.15. The van der Waals surface area contributed by atoms with Crippen LogP contribution in [0.15, 0.2) is 48.7 Å². The molecule has 158 valence electrons. The first-order valence-electron chi connectivity index (χ1n) is 9.63. The van der Waals surface area contributed by atoms with E-state index in [-0.39, 0.29) is 30.6 Å². The predicted octanol–water partition coefficient (Wildman–Crippen LogP) is 4.11. The second-order valence-corrected chi connectivity index (χ2v) is 8.61. The zero-order valence-electron chi connectivity index (χ0n) is 16.6. The van der Waals surface area contributed by atoms with Crippen LogP contribution in [0.25, 0.3) is 0 Å². The van der Waals surface area contributed by atoms with E-state index in [4.69, 9.17) is 11.6 Å². The maximum absolute atomic E-state index is 12.6. The molecule has 9 heteroatoms. The second kappa shape index (κ2) is 8.87. The number of halogens is 1. The summed E-state index contributed by atoms with van der Waals surface area (Å²) in [5.41, 5.74) is 5.48. The number of rotatable bonds is 5. The zero-order valence-corrected chi connectivity index (χ0v) is 18.2. The number of hydrogen-bond acceptors (Lipinski definition) is 5. The van der Waals surface area contributed by atoms with E-state index in [0.717, 1.165) is 21.0 Å². The first-order chi connectivity index (χ1) is 14.9. The fraction of sp³-hybridized carbons (Fsp3) is 0.182. The van der Waals surface area contributed by atoms with Crippen LogP contribution in [0.5, 0.6) is 0 Å². The maximum atomic E-state index is 12.6. The maximum Gasteiger partial charge on any atom is 0.257 e. The lowest BCUT2D eigenvalue weighted by molar-refractivity contribution is -0.130. The Kier molecular flexibility index (Phi) is 6.01. The molecule has 1 fully saturated rings. The second-order valence-electron chi connectivity index (χ2n) is 7.12. The van der Waals surface area contributed by atoms with E-state index in [9.17, 15) is 14.4 Å². The molecule has 1 aromatic heterocycles. The van der Waals surface area contributed by atoms with Crippen molar-refractivity contribution in [2.75, 3.05) is 10.3 Å². The molecule has 0 aliphatic carbocycles. The van der Waals surface area contributed by atoms with Crippen molar-refractivity contribution >= 4 is 51.5 Å². The van der Waals surface area contributed by atoms with Gasteiger partial charge < -0.3 is 0 Å². The number of nitrogens with zero attached hydrogens (tertiary/aromatic N) is 2. The van der Waals surface area contributed by atoms with Gasteiger partial charge in [0.1, 0.15) is 0 Å². The minimum absolute atomic E-state index is 0.161. The number of aryl methyl sites for hydroxylation is 1. The van der Waals surface area contributed by atoms with Gasteiger partial charge in [-0.05, 0) is 42.3 Å². The largest absolute Gasteiger partial charge is 0.298 e. The molecule has 0 atom stereocenters. The third-order valence-electron chi connectivity index (χ3n) is 4.85. The molecule has 7 nitrogen and oxygen atoms in total. The lowest BCUT2D eigenvalue weighted by Crippen LogP contribution is -2.50. The predicted molar refractivity (Wildman–Crippen MR) is 120 cm³/mol. The summed E-state index contributed by atoms with van der Waals surface area (Å²) in [6.45, 7) is 1.96.